The molecule has 0 saturated carbocycles. The second kappa shape index (κ2) is 5.41. The van der Waals surface area contributed by atoms with Gasteiger partial charge in [-0.05, 0) is 33.3 Å². The quantitative estimate of drug-likeness (QED) is 0.800. The normalized spacial score (nSPS) is 22.0. The molecule has 0 amide bonds. The first-order valence-corrected chi connectivity index (χ1v) is 8.52. The highest BCUT2D eigenvalue weighted by Gasteiger charge is 2.52. The van der Waals surface area contributed by atoms with E-state index in [9.17, 15) is 4.21 Å². The van der Waals surface area contributed by atoms with E-state index in [1.807, 2.05) is 27.7 Å². The van der Waals surface area contributed by atoms with Crippen molar-refractivity contribution >= 4 is 35.0 Å². The largest absolute Gasteiger partial charge is 0.496 e. The minimum Gasteiger partial charge on any atom is -0.399 e. The highest BCUT2D eigenvalue weighted by Crippen LogP contribution is 2.37. The van der Waals surface area contributed by atoms with E-state index >= 15 is 0 Å². The molecule has 1 unspecified atom stereocenters. The van der Waals surface area contributed by atoms with E-state index in [1.165, 1.54) is 0 Å². The zero-order valence-corrected chi connectivity index (χ0v) is 14.0. The second-order valence-corrected chi connectivity index (χ2v) is 7.84. The molecule has 20 heavy (non-hydrogen) atoms. The van der Waals surface area contributed by atoms with Crippen molar-refractivity contribution in [2.24, 2.45) is 0 Å². The van der Waals surface area contributed by atoms with Crippen LogP contribution >= 0.6 is 11.6 Å². The van der Waals surface area contributed by atoms with Gasteiger partial charge in [-0.15, -0.1) is 0 Å². The molecule has 2 rings (SSSR count). The van der Waals surface area contributed by atoms with Crippen molar-refractivity contribution in [2.75, 3.05) is 6.26 Å². The number of hydrogen-bond donors (Lipinski definition) is 0. The van der Waals surface area contributed by atoms with Crippen LogP contribution in [0, 0.1) is 0 Å². The van der Waals surface area contributed by atoms with Crippen LogP contribution in [0.4, 0.5) is 0 Å². The smallest absolute Gasteiger partial charge is 0.399 e. The molecule has 1 saturated heterocycles. The van der Waals surface area contributed by atoms with Gasteiger partial charge >= 0.3 is 7.12 Å². The monoisotopic (exact) mass is 315 g/mol. The van der Waals surface area contributed by atoms with Crippen LogP contribution in [0.15, 0.2) is 12.4 Å². The Hall–Kier alpha value is -0.425. The fraction of sp³-hybridized carbons (Fsp3) is 0.615. The molecule has 0 N–H and O–H groups in total. The van der Waals surface area contributed by atoms with Crippen LogP contribution in [-0.4, -0.2) is 33.8 Å². The van der Waals surface area contributed by atoms with Crippen molar-refractivity contribution in [1.29, 1.82) is 0 Å². The molecule has 1 aliphatic heterocycles. The maximum Gasteiger partial charge on any atom is 0.496 e. The third kappa shape index (κ3) is 2.93. The van der Waals surface area contributed by atoms with Gasteiger partial charge in [0.05, 0.1) is 16.2 Å². The number of halogens is 1. The standard InChI is InChI=1S/C13H19BClNO3S/c1-12(2)13(3,4)19-14(18-12)10-6-16-7-11(15)9(10)8-20(5)17/h6-7H,8H2,1-5H3. The lowest BCUT2D eigenvalue weighted by atomic mass is 9.77. The van der Waals surface area contributed by atoms with Crippen molar-refractivity contribution < 1.29 is 13.5 Å². The molecule has 7 heteroatoms. The van der Waals surface area contributed by atoms with Crippen LogP contribution in [0.5, 0.6) is 0 Å². The summed E-state index contributed by atoms with van der Waals surface area (Å²) in [6.07, 6.45) is 4.87. The number of nitrogens with zero attached hydrogens (tertiary/aromatic N) is 1. The Morgan fingerprint density at radius 2 is 1.80 bits per heavy atom. The molecule has 0 spiro atoms. The Kier molecular flexibility index (Phi) is 4.31. The Labute approximate surface area is 127 Å². The summed E-state index contributed by atoms with van der Waals surface area (Å²) in [5, 5.41) is 0.493. The highest BCUT2D eigenvalue weighted by molar-refractivity contribution is 7.83. The molecule has 1 atom stereocenters. The van der Waals surface area contributed by atoms with Crippen molar-refractivity contribution in [1.82, 2.24) is 4.98 Å². The summed E-state index contributed by atoms with van der Waals surface area (Å²) < 4.78 is 23.6. The molecule has 110 valence electrons. The zero-order chi connectivity index (χ0) is 15.1. The van der Waals surface area contributed by atoms with Gasteiger partial charge in [0.1, 0.15) is 0 Å². The molecule has 0 bridgehead atoms. The molecular formula is C13H19BClNO3S. The third-order valence-electron chi connectivity index (χ3n) is 3.89. The van der Waals surface area contributed by atoms with Gasteiger partial charge in [-0.3, -0.25) is 9.19 Å². The van der Waals surface area contributed by atoms with Gasteiger partial charge in [0.15, 0.2) is 0 Å². The SMILES string of the molecule is CS(=O)Cc1c(Cl)cncc1B1OC(C)(C)C(C)(C)O1. The van der Waals surface area contributed by atoms with Gasteiger partial charge in [0.25, 0.3) is 0 Å². The Morgan fingerprint density at radius 1 is 1.25 bits per heavy atom. The van der Waals surface area contributed by atoms with Crippen LogP contribution in [0.2, 0.25) is 5.02 Å². The van der Waals surface area contributed by atoms with E-state index < -0.39 is 29.1 Å². The van der Waals surface area contributed by atoms with Crippen molar-refractivity contribution in [3.63, 3.8) is 0 Å². The first kappa shape index (κ1) is 16.0. The van der Waals surface area contributed by atoms with Gasteiger partial charge in [-0.2, -0.15) is 0 Å². The van der Waals surface area contributed by atoms with Gasteiger partial charge in [0, 0.05) is 40.7 Å². The summed E-state index contributed by atoms with van der Waals surface area (Å²) in [5.74, 6) is 0.362. The summed E-state index contributed by atoms with van der Waals surface area (Å²) >= 11 is 6.19. The molecule has 1 aliphatic rings. The molecule has 0 radical (unpaired) electrons. The first-order valence-electron chi connectivity index (χ1n) is 6.42. The maximum absolute atomic E-state index is 11.5. The molecule has 1 aromatic heterocycles. The number of pyridine rings is 1. The predicted octanol–water partition coefficient (Wildman–Crippen LogP) is 1.91. The summed E-state index contributed by atoms with van der Waals surface area (Å²) in [5.41, 5.74) is 0.679. The fourth-order valence-electron chi connectivity index (χ4n) is 2.01. The molecule has 0 aliphatic carbocycles. The van der Waals surface area contributed by atoms with Crippen LogP contribution in [0.3, 0.4) is 0 Å². The number of rotatable bonds is 3. The minimum atomic E-state index is -0.999. The number of hydrogen-bond acceptors (Lipinski definition) is 4. The van der Waals surface area contributed by atoms with Crippen molar-refractivity contribution in [3.05, 3.63) is 23.0 Å². The lowest BCUT2D eigenvalue weighted by Gasteiger charge is -2.32. The fourth-order valence-corrected chi connectivity index (χ4v) is 3.05. The van der Waals surface area contributed by atoms with Crippen LogP contribution in [0.1, 0.15) is 33.3 Å². The Morgan fingerprint density at radius 3 is 2.30 bits per heavy atom. The highest BCUT2D eigenvalue weighted by atomic mass is 35.5. The zero-order valence-electron chi connectivity index (χ0n) is 12.4. The topological polar surface area (TPSA) is 48.4 Å². The van der Waals surface area contributed by atoms with Crippen LogP contribution < -0.4 is 5.46 Å². The summed E-state index contributed by atoms with van der Waals surface area (Å²) in [6, 6.07) is 0. The van der Waals surface area contributed by atoms with Crippen molar-refractivity contribution in [2.45, 2.75) is 44.6 Å². The van der Waals surface area contributed by atoms with E-state index in [1.54, 1.807) is 18.6 Å². The average Bonchev–Trinajstić information content (AvgIpc) is 2.50. The van der Waals surface area contributed by atoms with E-state index in [0.717, 1.165) is 11.0 Å². The molecule has 1 aromatic rings. The van der Waals surface area contributed by atoms with Gasteiger partial charge < -0.3 is 9.31 Å². The predicted molar refractivity (Wildman–Crippen MR) is 82.7 cm³/mol. The van der Waals surface area contributed by atoms with Gasteiger partial charge in [-0.1, -0.05) is 11.6 Å². The third-order valence-corrected chi connectivity index (χ3v) is 4.91. The Balaban J connectivity index is 2.40. The van der Waals surface area contributed by atoms with E-state index in [4.69, 9.17) is 20.9 Å². The summed E-state index contributed by atoms with van der Waals surface area (Å²) in [4.78, 5) is 4.10. The number of aromatic nitrogens is 1. The molecule has 1 fully saturated rings. The average molecular weight is 316 g/mol. The molecule has 2 heterocycles. The summed E-state index contributed by atoms with van der Waals surface area (Å²) in [6.45, 7) is 7.95. The molecular weight excluding hydrogens is 296 g/mol. The van der Waals surface area contributed by atoms with E-state index in [-0.39, 0.29) is 0 Å². The van der Waals surface area contributed by atoms with Gasteiger partial charge in [0.2, 0.25) is 0 Å². The minimum absolute atomic E-state index is 0.362. The first-order chi connectivity index (χ1) is 9.14. The Bertz CT molecular complexity index is 534. The lowest BCUT2D eigenvalue weighted by Crippen LogP contribution is -2.41. The van der Waals surface area contributed by atoms with Crippen molar-refractivity contribution in [3.8, 4) is 0 Å². The second-order valence-electron chi connectivity index (χ2n) is 5.99. The van der Waals surface area contributed by atoms with Crippen LogP contribution in [-0.2, 0) is 25.9 Å². The van der Waals surface area contributed by atoms with E-state index in [2.05, 4.69) is 4.98 Å². The molecule has 0 aromatic carbocycles. The van der Waals surface area contributed by atoms with Crippen LogP contribution in [0.25, 0.3) is 0 Å². The maximum atomic E-state index is 11.5. The van der Waals surface area contributed by atoms with Gasteiger partial charge in [-0.25, -0.2) is 0 Å². The van der Waals surface area contributed by atoms with E-state index in [0.29, 0.717) is 10.8 Å². The molecule has 4 nitrogen and oxygen atoms in total. The lowest BCUT2D eigenvalue weighted by molar-refractivity contribution is 0.00578. The summed E-state index contributed by atoms with van der Waals surface area (Å²) in [7, 11) is -1.54.